The Morgan fingerprint density at radius 3 is 2.67 bits per heavy atom. The summed E-state index contributed by atoms with van der Waals surface area (Å²) in [6, 6.07) is 3.67. The van der Waals surface area contributed by atoms with E-state index >= 15 is 0 Å². The molecule has 15 heavy (non-hydrogen) atoms. The summed E-state index contributed by atoms with van der Waals surface area (Å²) in [4.78, 5) is 3.76. The third-order valence-corrected chi connectivity index (χ3v) is 1.80. The molecular formula is C9H12F2N4. The molecular weight excluding hydrogens is 202 g/mol. The molecule has 0 radical (unpaired) electrons. The zero-order chi connectivity index (χ0) is 11.3. The van der Waals surface area contributed by atoms with Gasteiger partial charge in [-0.25, -0.2) is 14.6 Å². The van der Waals surface area contributed by atoms with Gasteiger partial charge in [0.25, 0.3) is 0 Å². The molecule has 1 aromatic carbocycles. The van der Waals surface area contributed by atoms with Gasteiger partial charge in [-0.2, -0.15) is 0 Å². The maximum atomic E-state index is 12.8. The van der Waals surface area contributed by atoms with Crippen LogP contribution in [0.4, 0.5) is 8.78 Å². The van der Waals surface area contributed by atoms with Crippen LogP contribution in [-0.4, -0.2) is 13.0 Å². The molecule has 0 spiro atoms. The fourth-order valence-corrected chi connectivity index (χ4v) is 1.03. The van der Waals surface area contributed by atoms with Crippen LogP contribution in [0, 0.1) is 11.6 Å². The Bertz CT molecular complexity index is 365. The van der Waals surface area contributed by atoms with Gasteiger partial charge in [0, 0.05) is 13.6 Å². The van der Waals surface area contributed by atoms with Gasteiger partial charge in [-0.1, -0.05) is 6.07 Å². The van der Waals surface area contributed by atoms with Gasteiger partial charge in [0.15, 0.2) is 11.6 Å². The predicted molar refractivity (Wildman–Crippen MR) is 53.9 cm³/mol. The van der Waals surface area contributed by atoms with Crippen molar-refractivity contribution in [2.75, 3.05) is 7.05 Å². The van der Waals surface area contributed by atoms with E-state index in [-0.39, 0.29) is 0 Å². The fraction of sp³-hybridized carbons (Fsp3) is 0.222. The second-order valence-corrected chi connectivity index (χ2v) is 2.82. The van der Waals surface area contributed by atoms with Crippen LogP contribution in [0.3, 0.4) is 0 Å². The Morgan fingerprint density at radius 1 is 1.40 bits per heavy atom. The zero-order valence-corrected chi connectivity index (χ0v) is 8.22. The Hall–Kier alpha value is -1.69. The quantitative estimate of drug-likeness (QED) is 0.291. The van der Waals surface area contributed by atoms with Crippen LogP contribution in [0.1, 0.15) is 5.56 Å². The van der Waals surface area contributed by atoms with E-state index in [1.807, 2.05) is 0 Å². The molecule has 0 amide bonds. The normalized spacial score (nSPS) is 11.3. The van der Waals surface area contributed by atoms with Crippen molar-refractivity contribution in [3.05, 3.63) is 35.4 Å². The lowest BCUT2D eigenvalue weighted by Crippen LogP contribution is -2.41. The molecule has 0 heterocycles. The van der Waals surface area contributed by atoms with Gasteiger partial charge in [-0.15, -0.1) is 0 Å². The molecule has 0 saturated carbocycles. The Morgan fingerprint density at radius 2 is 2.13 bits per heavy atom. The third kappa shape index (κ3) is 3.17. The average Bonchev–Trinajstić information content (AvgIpc) is 2.24. The van der Waals surface area contributed by atoms with Crippen LogP contribution < -0.4 is 16.6 Å². The van der Waals surface area contributed by atoms with E-state index in [4.69, 9.17) is 5.84 Å². The number of halogens is 2. The van der Waals surface area contributed by atoms with Gasteiger partial charge >= 0.3 is 0 Å². The highest BCUT2D eigenvalue weighted by Gasteiger charge is 2.02. The molecule has 1 aromatic rings. The standard InChI is InChI=1S/C9H12F2N4/c1-13-9(15-12)14-5-6-2-3-7(10)8(11)4-6/h2-4H,5,12H2,1H3,(H2,13,14,15). The van der Waals surface area contributed by atoms with Crippen LogP contribution in [-0.2, 0) is 6.54 Å². The molecule has 0 aliphatic rings. The number of guanidine groups is 1. The van der Waals surface area contributed by atoms with Crippen molar-refractivity contribution in [3.63, 3.8) is 0 Å². The van der Waals surface area contributed by atoms with Gasteiger partial charge in [0.1, 0.15) is 0 Å². The second kappa shape index (κ2) is 5.26. The molecule has 0 bridgehead atoms. The molecule has 0 fully saturated rings. The van der Waals surface area contributed by atoms with Crippen molar-refractivity contribution >= 4 is 5.96 Å². The minimum absolute atomic E-state index is 0.314. The van der Waals surface area contributed by atoms with Gasteiger partial charge in [0.2, 0.25) is 5.96 Å². The number of hydrogen-bond donors (Lipinski definition) is 3. The molecule has 0 aliphatic heterocycles. The molecule has 6 heteroatoms. The highest BCUT2D eigenvalue weighted by Crippen LogP contribution is 2.08. The Labute approximate surface area is 86.2 Å². The summed E-state index contributed by atoms with van der Waals surface area (Å²) in [5.41, 5.74) is 2.92. The highest BCUT2D eigenvalue weighted by molar-refractivity contribution is 5.78. The summed E-state index contributed by atoms with van der Waals surface area (Å²) in [7, 11) is 1.55. The van der Waals surface area contributed by atoms with Crippen molar-refractivity contribution in [2.24, 2.45) is 10.8 Å². The SMILES string of the molecule is CN=C(NN)NCc1ccc(F)c(F)c1. The third-order valence-electron chi connectivity index (χ3n) is 1.80. The summed E-state index contributed by atoms with van der Waals surface area (Å²) in [6.07, 6.45) is 0. The second-order valence-electron chi connectivity index (χ2n) is 2.82. The number of nitrogens with zero attached hydrogens (tertiary/aromatic N) is 1. The highest BCUT2D eigenvalue weighted by atomic mass is 19.2. The first-order valence-electron chi connectivity index (χ1n) is 4.28. The van der Waals surface area contributed by atoms with Crippen LogP contribution in [0.2, 0.25) is 0 Å². The number of rotatable bonds is 2. The topological polar surface area (TPSA) is 62.4 Å². The predicted octanol–water partition coefficient (Wildman–Crippen LogP) is 0.504. The number of benzene rings is 1. The lowest BCUT2D eigenvalue weighted by Gasteiger charge is -2.08. The van der Waals surface area contributed by atoms with E-state index in [0.717, 1.165) is 12.1 Å². The first-order valence-corrected chi connectivity index (χ1v) is 4.28. The number of nitrogens with one attached hydrogen (secondary N) is 2. The molecule has 1 rings (SSSR count). The molecule has 0 aliphatic carbocycles. The first kappa shape index (κ1) is 11.4. The maximum Gasteiger partial charge on any atom is 0.205 e. The van der Waals surface area contributed by atoms with Crippen LogP contribution in [0.5, 0.6) is 0 Å². The average molecular weight is 214 g/mol. The zero-order valence-electron chi connectivity index (χ0n) is 8.22. The fourth-order valence-electron chi connectivity index (χ4n) is 1.03. The summed E-state index contributed by atoms with van der Waals surface area (Å²) >= 11 is 0. The smallest absolute Gasteiger partial charge is 0.205 e. The van der Waals surface area contributed by atoms with Crippen molar-refractivity contribution < 1.29 is 8.78 Å². The lowest BCUT2D eigenvalue weighted by atomic mass is 10.2. The van der Waals surface area contributed by atoms with Gasteiger partial charge in [-0.3, -0.25) is 10.4 Å². The summed E-state index contributed by atoms with van der Waals surface area (Å²) in [5, 5.41) is 2.81. The lowest BCUT2D eigenvalue weighted by molar-refractivity contribution is 0.507. The Kier molecular flexibility index (Phi) is 3.99. The van der Waals surface area contributed by atoms with Gasteiger partial charge in [-0.05, 0) is 17.7 Å². The molecule has 0 atom stereocenters. The van der Waals surface area contributed by atoms with E-state index in [9.17, 15) is 8.78 Å². The van der Waals surface area contributed by atoms with Crippen LogP contribution in [0.25, 0.3) is 0 Å². The van der Waals surface area contributed by atoms with E-state index in [1.165, 1.54) is 6.07 Å². The van der Waals surface area contributed by atoms with Crippen LogP contribution in [0.15, 0.2) is 23.2 Å². The molecule has 0 saturated heterocycles. The number of hydrazine groups is 1. The number of aliphatic imine (C=N–C) groups is 1. The van der Waals surface area contributed by atoms with Gasteiger partial charge in [0.05, 0.1) is 0 Å². The van der Waals surface area contributed by atoms with Crippen molar-refractivity contribution in [1.82, 2.24) is 10.7 Å². The molecule has 82 valence electrons. The molecule has 4 nitrogen and oxygen atoms in total. The maximum absolute atomic E-state index is 12.8. The minimum Gasteiger partial charge on any atom is -0.351 e. The monoisotopic (exact) mass is 214 g/mol. The van der Waals surface area contributed by atoms with Gasteiger partial charge < -0.3 is 5.32 Å². The van der Waals surface area contributed by atoms with Crippen molar-refractivity contribution in [3.8, 4) is 0 Å². The Balaban J connectivity index is 2.62. The first-order chi connectivity index (χ1) is 7.17. The summed E-state index contributed by atoms with van der Waals surface area (Å²) in [5.74, 6) is 3.77. The van der Waals surface area contributed by atoms with E-state index in [2.05, 4.69) is 15.7 Å². The van der Waals surface area contributed by atoms with Crippen molar-refractivity contribution in [2.45, 2.75) is 6.54 Å². The summed E-state index contributed by atoms with van der Waals surface area (Å²) in [6.45, 7) is 0.314. The molecule has 0 unspecified atom stereocenters. The minimum atomic E-state index is -0.870. The van der Waals surface area contributed by atoms with E-state index in [1.54, 1.807) is 7.05 Å². The van der Waals surface area contributed by atoms with E-state index in [0.29, 0.717) is 18.1 Å². The number of nitrogens with two attached hydrogens (primary N) is 1. The summed E-state index contributed by atoms with van der Waals surface area (Å²) < 4.78 is 25.4. The molecule has 0 aromatic heterocycles. The van der Waals surface area contributed by atoms with Crippen molar-refractivity contribution in [1.29, 1.82) is 0 Å². The van der Waals surface area contributed by atoms with E-state index < -0.39 is 11.6 Å². The molecule has 4 N–H and O–H groups in total. The largest absolute Gasteiger partial charge is 0.351 e. The van der Waals surface area contributed by atoms with Crippen LogP contribution >= 0.6 is 0 Å². The number of hydrogen-bond acceptors (Lipinski definition) is 2.